The topological polar surface area (TPSA) is 59.9 Å². The van der Waals surface area contributed by atoms with Crippen LogP contribution in [0.1, 0.15) is 46.0 Å². The van der Waals surface area contributed by atoms with Crippen molar-refractivity contribution in [1.29, 1.82) is 0 Å². The first-order valence-corrected chi connectivity index (χ1v) is 8.92. The smallest absolute Gasteiger partial charge is 0.228 e. The summed E-state index contributed by atoms with van der Waals surface area (Å²) in [4.78, 5) is 17.0. The zero-order chi connectivity index (χ0) is 16.7. The van der Waals surface area contributed by atoms with Crippen LogP contribution in [-0.2, 0) is 14.3 Å². The number of rotatable bonds is 8. The predicted molar refractivity (Wildman–Crippen MR) is 91.9 cm³/mol. The second-order valence-corrected chi connectivity index (χ2v) is 7.35. The Bertz CT molecular complexity index is 412. The lowest BCUT2D eigenvalue weighted by molar-refractivity contribution is -0.145. The highest BCUT2D eigenvalue weighted by Crippen LogP contribution is 2.27. The molecule has 1 amide bonds. The number of carbonyl (C=O) groups is 1. The molecule has 2 fully saturated rings. The molecule has 1 aliphatic heterocycles. The number of amides is 1. The molecule has 0 spiro atoms. The number of nitrogens with one attached hydrogen (secondary N) is 1. The van der Waals surface area contributed by atoms with Crippen molar-refractivity contribution < 1.29 is 14.3 Å². The third-order valence-electron chi connectivity index (χ3n) is 5.25. The Balaban J connectivity index is 1.76. The van der Waals surface area contributed by atoms with Gasteiger partial charge in [-0.2, -0.15) is 0 Å². The standard InChI is InChI=1S/C18H32N2O3/c1-14(15(2)19-9-16-7-5-4-6-8-16)17(21)20-10-18(11-22-3)12-23-13-18/h14,16H,4-13H2,1-3H3,(H,20,21). The predicted octanol–water partition coefficient (Wildman–Crippen LogP) is 2.44. The number of nitrogens with zero attached hydrogens (tertiary/aromatic N) is 1. The van der Waals surface area contributed by atoms with E-state index in [2.05, 4.69) is 5.32 Å². The van der Waals surface area contributed by atoms with Gasteiger partial charge in [-0.3, -0.25) is 9.79 Å². The van der Waals surface area contributed by atoms with Crippen LogP contribution >= 0.6 is 0 Å². The van der Waals surface area contributed by atoms with E-state index in [-0.39, 0.29) is 17.2 Å². The number of ether oxygens (including phenoxy) is 2. The van der Waals surface area contributed by atoms with Gasteiger partial charge in [0.15, 0.2) is 0 Å². The van der Waals surface area contributed by atoms with E-state index in [1.165, 1.54) is 32.1 Å². The SMILES string of the molecule is COCC1(CNC(=O)C(C)C(C)=NCC2CCCCC2)COC1. The molecule has 0 aromatic carbocycles. The molecule has 2 rings (SSSR count). The number of hydrogen-bond donors (Lipinski definition) is 1. The Morgan fingerprint density at radius 2 is 2.04 bits per heavy atom. The summed E-state index contributed by atoms with van der Waals surface area (Å²) in [5, 5.41) is 3.05. The fourth-order valence-corrected chi connectivity index (χ4v) is 3.33. The minimum Gasteiger partial charge on any atom is -0.384 e. The van der Waals surface area contributed by atoms with Gasteiger partial charge in [0.25, 0.3) is 0 Å². The molecule has 1 heterocycles. The van der Waals surface area contributed by atoms with E-state index in [0.29, 0.717) is 32.3 Å². The third-order valence-corrected chi connectivity index (χ3v) is 5.25. The average Bonchev–Trinajstić information content (AvgIpc) is 2.54. The van der Waals surface area contributed by atoms with E-state index in [0.717, 1.165) is 12.3 Å². The highest BCUT2D eigenvalue weighted by Gasteiger charge is 2.39. The van der Waals surface area contributed by atoms with Crippen LogP contribution < -0.4 is 5.32 Å². The molecule has 132 valence electrons. The van der Waals surface area contributed by atoms with Crippen molar-refractivity contribution in [2.45, 2.75) is 46.0 Å². The first-order valence-electron chi connectivity index (χ1n) is 8.92. The quantitative estimate of drug-likeness (QED) is 0.698. The van der Waals surface area contributed by atoms with Crippen molar-refractivity contribution >= 4 is 11.6 Å². The Morgan fingerprint density at radius 3 is 2.61 bits per heavy atom. The van der Waals surface area contributed by atoms with Gasteiger partial charge < -0.3 is 14.8 Å². The van der Waals surface area contributed by atoms with E-state index in [4.69, 9.17) is 14.5 Å². The molecule has 0 aromatic heterocycles. The van der Waals surface area contributed by atoms with E-state index in [9.17, 15) is 4.79 Å². The molecule has 1 atom stereocenters. The van der Waals surface area contributed by atoms with Gasteiger partial charge in [0, 0.05) is 25.9 Å². The van der Waals surface area contributed by atoms with Crippen LogP contribution in [0.3, 0.4) is 0 Å². The largest absolute Gasteiger partial charge is 0.384 e. The van der Waals surface area contributed by atoms with Crippen LogP contribution in [-0.4, -0.2) is 51.6 Å². The van der Waals surface area contributed by atoms with Crippen molar-refractivity contribution in [3.63, 3.8) is 0 Å². The van der Waals surface area contributed by atoms with Gasteiger partial charge in [0.1, 0.15) is 0 Å². The summed E-state index contributed by atoms with van der Waals surface area (Å²) >= 11 is 0. The second kappa shape index (κ2) is 8.78. The number of methoxy groups -OCH3 is 1. The zero-order valence-electron chi connectivity index (χ0n) is 14.9. The van der Waals surface area contributed by atoms with Crippen molar-refractivity contribution in [3.05, 3.63) is 0 Å². The van der Waals surface area contributed by atoms with Gasteiger partial charge in [0.2, 0.25) is 5.91 Å². The summed E-state index contributed by atoms with van der Waals surface area (Å²) in [7, 11) is 1.69. The summed E-state index contributed by atoms with van der Waals surface area (Å²) in [6, 6.07) is 0. The van der Waals surface area contributed by atoms with Crippen LogP contribution in [0.5, 0.6) is 0 Å². The molecule has 0 bridgehead atoms. The Hall–Kier alpha value is -0.940. The molecule has 1 unspecified atom stereocenters. The zero-order valence-corrected chi connectivity index (χ0v) is 14.9. The van der Waals surface area contributed by atoms with E-state index < -0.39 is 0 Å². The lowest BCUT2D eigenvalue weighted by Gasteiger charge is -2.41. The number of carbonyl (C=O) groups excluding carboxylic acids is 1. The molecule has 2 aliphatic rings. The first-order chi connectivity index (χ1) is 11.1. The summed E-state index contributed by atoms with van der Waals surface area (Å²) in [5.74, 6) is 0.600. The number of aliphatic imine (C=N–C) groups is 1. The maximum absolute atomic E-state index is 12.4. The van der Waals surface area contributed by atoms with Gasteiger partial charge in [-0.25, -0.2) is 0 Å². The van der Waals surface area contributed by atoms with Crippen LogP contribution in [0.25, 0.3) is 0 Å². The molecule has 1 aliphatic carbocycles. The summed E-state index contributed by atoms with van der Waals surface area (Å²) in [5.41, 5.74) is 0.899. The van der Waals surface area contributed by atoms with Gasteiger partial charge in [-0.05, 0) is 32.6 Å². The van der Waals surface area contributed by atoms with Crippen LogP contribution in [0.4, 0.5) is 0 Å². The van der Waals surface area contributed by atoms with Crippen LogP contribution in [0, 0.1) is 17.3 Å². The lowest BCUT2D eigenvalue weighted by Crippen LogP contribution is -2.54. The minimum absolute atomic E-state index is 0.0444. The van der Waals surface area contributed by atoms with Crippen molar-refractivity contribution in [2.24, 2.45) is 22.2 Å². The van der Waals surface area contributed by atoms with Crippen molar-refractivity contribution in [2.75, 3.05) is 40.0 Å². The van der Waals surface area contributed by atoms with E-state index in [1.807, 2.05) is 13.8 Å². The third kappa shape index (κ3) is 5.28. The normalized spacial score (nSPS) is 23.2. The first kappa shape index (κ1) is 18.4. The van der Waals surface area contributed by atoms with Gasteiger partial charge >= 0.3 is 0 Å². The van der Waals surface area contributed by atoms with Gasteiger partial charge in [-0.1, -0.05) is 19.3 Å². The van der Waals surface area contributed by atoms with Crippen molar-refractivity contribution in [1.82, 2.24) is 5.32 Å². The summed E-state index contributed by atoms with van der Waals surface area (Å²) < 4.78 is 10.5. The second-order valence-electron chi connectivity index (χ2n) is 7.35. The molecule has 1 N–H and O–H groups in total. The molecular formula is C18H32N2O3. The number of hydrogen-bond acceptors (Lipinski definition) is 4. The lowest BCUT2D eigenvalue weighted by atomic mass is 9.86. The minimum atomic E-state index is -0.167. The molecule has 1 saturated carbocycles. The molecule has 0 radical (unpaired) electrons. The summed E-state index contributed by atoms with van der Waals surface area (Å²) in [6.45, 7) is 7.34. The Morgan fingerprint density at radius 1 is 1.35 bits per heavy atom. The molecule has 0 aromatic rings. The molecular weight excluding hydrogens is 292 g/mol. The highest BCUT2D eigenvalue weighted by molar-refractivity contribution is 6.02. The van der Waals surface area contributed by atoms with Crippen molar-refractivity contribution in [3.8, 4) is 0 Å². The van der Waals surface area contributed by atoms with Gasteiger partial charge in [0.05, 0.1) is 31.2 Å². The average molecular weight is 324 g/mol. The fraction of sp³-hybridized carbons (Fsp3) is 0.889. The fourth-order valence-electron chi connectivity index (χ4n) is 3.33. The van der Waals surface area contributed by atoms with Gasteiger partial charge in [-0.15, -0.1) is 0 Å². The highest BCUT2D eigenvalue weighted by atomic mass is 16.5. The molecule has 5 nitrogen and oxygen atoms in total. The molecule has 5 heteroatoms. The maximum atomic E-state index is 12.4. The Labute approximate surface area is 140 Å². The maximum Gasteiger partial charge on any atom is 0.228 e. The Kier molecular flexibility index (Phi) is 7.03. The van der Waals surface area contributed by atoms with Crippen LogP contribution in [0.2, 0.25) is 0 Å². The monoisotopic (exact) mass is 324 g/mol. The van der Waals surface area contributed by atoms with E-state index >= 15 is 0 Å². The van der Waals surface area contributed by atoms with E-state index in [1.54, 1.807) is 7.11 Å². The summed E-state index contributed by atoms with van der Waals surface area (Å²) in [6.07, 6.45) is 6.61. The molecule has 1 saturated heterocycles. The molecule has 23 heavy (non-hydrogen) atoms. The van der Waals surface area contributed by atoms with Crippen LogP contribution in [0.15, 0.2) is 4.99 Å².